The first kappa shape index (κ1) is 28.1. The summed E-state index contributed by atoms with van der Waals surface area (Å²) in [4.78, 5) is 12.5. The van der Waals surface area contributed by atoms with Gasteiger partial charge in [-0.3, -0.25) is 4.79 Å². The number of carbonyl (C=O) groups excluding carboxylic acids is 1. The summed E-state index contributed by atoms with van der Waals surface area (Å²) in [6.45, 7) is 8.20. The molecule has 0 aliphatic rings. The molecule has 0 atom stereocenters. The lowest BCUT2D eigenvalue weighted by molar-refractivity contribution is 0.0923. The van der Waals surface area contributed by atoms with Gasteiger partial charge in [0.05, 0.1) is 13.3 Å². The Morgan fingerprint density at radius 2 is 1.85 bits per heavy atom. The lowest BCUT2D eigenvalue weighted by Crippen LogP contribution is -2.16. The third kappa shape index (κ3) is 6.55. The van der Waals surface area contributed by atoms with Crippen LogP contribution in [-0.2, 0) is 6.61 Å². The number of amides is 1. The average Bonchev–Trinajstić information content (AvgIpc) is 3.55. The average molecular weight is 613 g/mol. The largest absolute Gasteiger partial charge is 0.493 e. The number of nitrogens with one attached hydrogen (secondary N) is 1. The summed E-state index contributed by atoms with van der Waals surface area (Å²) in [6.07, 6.45) is 3.03. The maximum absolute atomic E-state index is 12.5. The summed E-state index contributed by atoms with van der Waals surface area (Å²) in [5.41, 5.74) is 6.40. The molecule has 0 spiro atoms. The van der Waals surface area contributed by atoms with Crippen LogP contribution in [0.5, 0.6) is 17.2 Å². The van der Waals surface area contributed by atoms with Crippen LogP contribution in [-0.4, -0.2) is 30.4 Å². The van der Waals surface area contributed by atoms with E-state index < -0.39 is 5.91 Å². The number of hydrogen-bond acceptors (Lipinski definition) is 6. The Morgan fingerprint density at radius 1 is 1.13 bits per heavy atom. The molecule has 10 heteroatoms. The molecule has 2 aromatic carbocycles. The topological polar surface area (TPSA) is 87.2 Å². The highest BCUT2D eigenvalue weighted by Gasteiger charge is 2.17. The Bertz CT molecular complexity index is 1490. The number of aromatic nitrogens is 1. The van der Waals surface area contributed by atoms with E-state index in [0.29, 0.717) is 38.1 Å². The third-order valence-corrected chi connectivity index (χ3v) is 7.17. The molecule has 202 valence electrons. The summed E-state index contributed by atoms with van der Waals surface area (Å²) in [6, 6.07) is 16.9. The van der Waals surface area contributed by atoms with Crippen LogP contribution in [0.2, 0.25) is 5.02 Å². The first-order chi connectivity index (χ1) is 18.8. The molecule has 2 aromatic heterocycles. The van der Waals surface area contributed by atoms with Crippen molar-refractivity contribution in [2.45, 2.75) is 20.5 Å². The molecule has 39 heavy (non-hydrogen) atoms. The smallest absolute Gasteiger partial charge is 0.307 e. The van der Waals surface area contributed by atoms with Gasteiger partial charge in [0, 0.05) is 27.1 Å². The number of ether oxygens (including phenoxy) is 3. The SMILES string of the molecule is C=CCOc1c(OC)cc(/C=N/NC(=O)c2ccc(COc3ccc(-n4c(C)ccc4C)cc3)o2)c(Br)c1Cl. The molecule has 0 radical (unpaired) electrons. The molecule has 0 aliphatic heterocycles. The van der Waals surface area contributed by atoms with Gasteiger partial charge in [0.15, 0.2) is 17.3 Å². The van der Waals surface area contributed by atoms with Crippen molar-refractivity contribution < 1.29 is 23.4 Å². The Hall–Kier alpha value is -3.95. The van der Waals surface area contributed by atoms with Gasteiger partial charge in [-0.15, -0.1) is 0 Å². The van der Waals surface area contributed by atoms with E-state index in [1.807, 2.05) is 24.3 Å². The number of hydrogen-bond donors (Lipinski definition) is 1. The number of hydrazone groups is 1. The molecule has 4 aromatic rings. The summed E-state index contributed by atoms with van der Waals surface area (Å²) < 4.78 is 25.1. The van der Waals surface area contributed by atoms with E-state index in [1.54, 1.807) is 24.3 Å². The Labute approximate surface area is 239 Å². The summed E-state index contributed by atoms with van der Waals surface area (Å²) >= 11 is 9.84. The zero-order chi connectivity index (χ0) is 27.9. The highest BCUT2D eigenvalue weighted by Crippen LogP contribution is 2.42. The number of furan rings is 1. The zero-order valence-corrected chi connectivity index (χ0v) is 24.0. The maximum atomic E-state index is 12.5. The summed E-state index contributed by atoms with van der Waals surface area (Å²) in [5, 5.41) is 4.32. The molecule has 0 bridgehead atoms. The number of nitrogens with zero attached hydrogens (tertiary/aromatic N) is 2. The van der Waals surface area contributed by atoms with Gasteiger partial charge in [0.2, 0.25) is 0 Å². The molecular formula is C29H27BrClN3O5. The van der Waals surface area contributed by atoms with Gasteiger partial charge in [0.1, 0.15) is 29.7 Å². The van der Waals surface area contributed by atoms with Crippen molar-refractivity contribution in [2.75, 3.05) is 13.7 Å². The minimum absolute atomic E-state index is 0.0995. The van der Waals surface area contributed by atoms with Crippen molar-refractivity contribution in [1.29, 1.82) is 0 Å². The lowest BCUT2D eigenvalue weighted by atomic mass is 10.2. The van der Waals surface area contributed by atoms with Crippen LogP contribution in [0.3, 0.4) is 0 Å². The molecule has 4 rings (SSSR count). The van der Waals surface area contributed by atoms with Crippen molar-refractivity contribution in [3.63, 3.8) is 0 Å². The molecule has 0 saturated carbocycles. The predicted octanol–water partition coefficient (Wildman–Crippen LogP) is 7.02. The van der Waals surface area contributed by atoms with Crippen molar-refractivity contribution in [2.24, 2.45) is 5.10 Å². The van der Waals surface area contributed by atoms with E-state index in [4.69, 9.17) is 30.2 Å². The highest BCUT2D eigenvalue weighted by molar-refractivity contribution is 9.10. The van der Waals surface area contributed by atoms with Crippen LogP contribution in [0.25, 0.3) is 5.69 Å². The highest BCUT2D eigenvalue weighted by atomic mass is 79.9. The van der Waals surface area contributed by atoms with Crippen LogP contribution < -0.4 is 19.6 Å². The fourth-order valence-electron chi connectivity index (χ4n) is 3.84. The van der Waals surface area contributed by atoms with Gasteiger partial charge < -0.3 is 23.2 Å². The Balaban J connectivity index is 1.35. The molecule has 1 amide bonds. The Kier molecular flexibility index (Phi) is 9.16. The minimum Gasteiger partial charge on any atom is -0.493 e. The second-order valence-corrected chi connectivity index (χ2v) is 9.59. The number of benzene rings is 2. The lowest BCUT2D eigenvalue weighted by Gasteiger charge is -2.14. The van der Waals surface area contributed by atoms with Gasteiger partial charge in [0.25, 0.3) is 0 Å². The second-order valence-electron chi connectivity index (χ2n) is 8.42. The molecule has 0 saturated heterocycles. The van der Waals surface area contributed by atoms with Gasteiger partial charge in [-0.1, -0.05) is 24.3 Å². The molecule has 0 fully saturated rings. The summed E-state index contributed by atoms with van der Waals surface area (Å²) in [7, 11) is 1.50. The van der Waals surface area contributed by atoms with Gasteiger partial charge in [-0.25, -0.2) is 5.43 Å². The van der Waals surface area contributed by atoms with E-state index >= 15 is 0 Å². The van der Waals surface area contributed by atoms with Gasteiger partial charge >= 0.3 is 5.91 Å². The number of aryl methyl sites for hydroxylation is 2. The van der Waals surface area contributed by atoms with Crippen molar-refractivity contribution in [1.82, 2.24) is 9.99 Å². The number of carbonyl (C=O) groups is 1. The van der Waals surface area contributed by atoms with Crippen molar-refractivity contribution >= 4 is 39.7 Å². The molecule has 2 heterocycles. The van der Waals surface area contributed by atoms with Crippen molar-refractivity contribution in [3.8, 4) is 22.9 Å². The minimum atomic E-state index is -0.514. The molecule has 8 nitrogen and oxygen atoms in total. The van der Waals surface area contributed by atoms with E-state index in [2.05, 4.69) is 63.6 Å². The Morgan fingerprint density at radius 3 is 2.51 bits per heavy atom. The number of halogens is 2. The van der Waals surface area contributed by atoms with E-state index in [-0.39, 0.29) is 19.0 Å². The third-order valence-electron chi connectivity index (χ3n) is 5.72. The predicted molar refractivity (Wildman–Crippen MR) is 155 cm³/mol. The quantitative estimate of drug-likeness (QED) is 0.112. The van der Waals surface area contributed by atoms with Gasteiger partial charge in [-0.05, 0) is 84.4 Å². The maximum Gasteiger partial charge on any atom is 0.307 e. The van der Waals surface area contributed by atoms with Gasteiger partial charge in [-0.2, -0.15) is 5.10 Å². The van der Waals surface area contributed by atoms with Crippen LogP contribution in [0.4, 0.5) is 0 Å². The second kappa shape index (κ2) is 12.7. The first-order valence-corrected chi connectivity index (χ1v) is 13.1. The number of rotatable bonds is 11. The monoisotopic (exact) mass is 611 g/mol. The van der Waals surface area contributed by atoms with E-state index in [9.17, 15) is 4.79 Å². The summed E-state index contributed by atoms with van der Waals surface area (Å²) in [5.74, 6) is 1.56. The van der Waals surface area contributed by atoms with Crippen molar-refractivity contribution in [3.05, 3.63) is 105 Å². The van der Waals surface area contributed by atoms with Crippen LogP contribution in [0.15, 0.2) is 81.2 Å². The molecule has 1 N–H and O–H groups in total. The van der Waals surface area contributed by atoms with E-state index in [1.165, 1.54) is 13.3 Å². The first-order valence-electron chi connectivity index (χ1n) is 11.9. The normalized spacial score (nSPS) is 11.0. The van der Waals surface area contributed by atoms with Crippen LogP contribution in [0, 0.1) is 13.8 Å². The van der Waals surface area contributed by atoms with E-state index in [0.717, 1.165) is 17.1 Å². The molecule has 0 aliphatic carbocycles. The zero-order valence-electron chi connectivity index (χ0n) is 21.7. The number of methoxy groups -OCH3 is 1. The van der Waals surface area contributed by atoms with Crippen LogP contribution in [0.1, 0.15) is 33.3 Å². The molecular weight excluding hydrogens is 586 g/mol. The standard InChI is InChI=1S/C29H27BrClN3O5/c1-5-14-37-28-25(36-4)15-20(26(30)27(28)31)16-32-33-29(35)24-13-12-23(39-24)17-38-22-10-8-21(9-11-22)34-18(2)6-7-19(34)3/h5-13,15-16H,1,14,17H2,2-4H3,(H,33,35)/b32-16+. The fourth-order valence-corrected chi connectivity index (χ4v) is 4.50. The molecule has 0 unspecified atom stereocenters. The fraction of sp³-hybridized carbons (Fsp3) is 0.172. The van der Waals surface area contributed by atoms with Crippen LogP contribution >= 0.6 is 27.5 Å².